The van der Waals surface area contributed by atoms with E-state index in [1.165, 1.54) is 6.07 Å². The van der Waals surface area contributed by atoms with Crippen molar-refractivity contribution >= 4 is 11.7 Å². The minimum absolute atomic E-state index is 0.274. The minimum atomic E-state index is -4.33. The number of halogens is 3. The predicted molar refractivity (Wildman–Crippen MR) is 104 cm³/mol. The predicted octanol–water partition coefficient (Wildman–Crippen LogP) is 4.09. The van der Waals surface area contributed by atoms with Crippen molar-refractivity contribution in [2.24, 2.45) is 5.92 Å². The highest BCUT2D eigenvalue weighted by Gasteiger charge is 2.33. The summed E-state index contributed by atoms with van der Waals surface area (Å²) < 4.78 is 39.1. The van der Waals surface area contributed by atoms with Gasteiger partial charge in [0.15, 0.2) is 0 Å². The fourth-order valence-electron chi connectivity index (χ4n) is 4.10. The number of carboxylic acid groups (broad SMARTS) is 1. The highest BCUT2D eigenvalue weighted by molar-refractivity contribution is 5.71. The number of anilines is 1. The van der Waals surface area contributed by atoms with Gasteiger partial charge in [-0.1, -0.05) is 12.1 Å². The van der Waals surface area contributed by atoms with Crippen LogP contribution in [-0.2, 0) is 30.5 Å². The number of fused-ring (bicyclic) bond motifs is 1. The summed E-state index contributed by atoms with van der Waals surface area (Å²) in [5.74, 6) is -1.02. The molecule has 2 aromatic carbocycles. The van der Waals surface area contributed by atoms with Crippen molar-refractivity contribution in [1.29, 1.82) is 0 Å². The molecule has 0 spiro atoms. The molecule has 1 N–H and O–H groups in total. The van der Waals surface area contributed by atoms with Crippen molar-refractivity contribution in [3.05, 3.63) is 64.2 Å². The van der Waals surface area contributed by atoms with Gasteiger partial charge in [0, 0.05) is 38.4 Å². The van der Waals surface area contributed by atoms with Gasteiger partial charge in [-0.15, -0.1) is 0 Å². The molecule has 2 aliphatic rings. The standard InChI is InChI=1S/C22H23F3N2O2/c1-14-8-20(5-3-16(14)10-26-11-18(12-26)21(28)29)27-7-6-15-2-4-19(22(23,24)25)9-17(15)13-27/h2-5,8-9,18H,6-7,10-13H2,1H3,(H,28,29). The molecule has 0 aliphatic carbocycles. The van der Waals surface area contributed by atoms with Crippen LogP contribution in [0.25, 0.3) is 0 Å². The first-order chi connectivity index (χ1) is 13.7. The van der Waals surface area contributed by atoms with Gasteiger partial charge in [0.05, 0.1) is 11.5 Å². The molecule has 154 valence electrons. The van der Waals surface area contributed by atoms with Crippen LogP contribution < -0.4 is 4.90 Å². The Hall–Kier alpha value is -2.54. The molecule has 2 heterocycles. The lowest BCUT2D eigenvalue weighted by atomic mass is 9.96. The van der Waals surface area contributed by atoms with Crippen LogP contribution >= 0.6 is 0 Å². The number of hydrogen-bond acceptors (Lipinski definition) is 3. The second kappa shape index (κ2) is 7.37. The number of alkyl halides is 3. The zero-order valence-corrected chi connectivity index (χ0v) is 16.2. The van der Waals surface area contributed by atoms with Crippen molar-refractivity contribution in [3.63, 3.8) is 0 Å². The number of benzene rings is 2. The molecule has 7 heteroatoms. The van der Waals surface area contributed by atoms with Gasteiger partial charge in [-0.25, -0.2) is 0 Å². The SMILES string of the molecule is Cc1cc(N2CCc3ccc(C(F)(F)F)cc3C2)ccc1CN1CC(C(=O)O)C1. The monoisotopic (exact) mass is 404 g/mol. The summed E-state index contributed by atoms with van der Waals surface area (Å²) in [7, 11) is 0. The molecule has 1 fully saturated rings. The van der Waals surface area contributed by atoms with E-state index in [4.69, 9.17) is 5.11 Å². The Bertz CT molecular complexity index is 936. The lowest BCUT2D eigenvalue weighted by Crippen LogP contribution is -2.49. The van der Waals surface area contributed by atoms with E-state index in [2.05, 4.69) is 15.9 Å². The molecule has 2 aliphatic heterocycles. The summed E-state index contributed by atoms with van der Waals surface area (Å²) in [4.78, 5) is 15.2. The Kier molecular flexibility index (Phi) is 5.02. The van der Waals surface area contributed by atoms with Gasteiger partial charge in [0.2, 0.25) is 0 Å². The summed E-state index contributed by atoms with van der Waals surface area (Å²) in [6.07, 6.45) is -3.61. The Morgan fingerprint density at radius 2 is 1.90 bits per heavy atom. The maximum Gasteiger partial charge on any atom is 0.416 e. The van der Waals surface area contributed by atoms with E-state index in [0.29, 0.717) is 26.2 Å². The van der Waals surface area contributed by atoms with Crippen LogP contribution in [0.4, 0.5) is 18.9 Å². The average molecular weight is 404 g/mol. The third-order valence-corrected chi connectivity index (χ3v) is 5.94. The molecular weight excluding hydrogens is 381 g/mol. The lowest BCUT2D eigenvalue weighted by Gasteiger charge is -2.37. The van der Waals surface area contributed by atoms with Crippen molar-refractivity contribution < 1.29 is 23.1 Å². The van der Waals surface area contributed by atoms with E-state index >= 15 is 0 Å². The van der Waals surface area contributed by atoms with Gasteiger partial charge in [0.1, 0.15) is 0 Å². The summed E-state index contributed by atoms with van der Waals surface area (Å²) in [6.45, 7) is 5.11. The molecule has 2 aromatic rings. The van der Waals surface area contributed by atoms with E-state index in [-0.39, 0.29) is 5.92 Å². The van der Waals surface area contributed by atoms with Crippen LogP contribution in [0.3, 0.4) is 0 Å². The maximum atomic E-state index is 13.0. The first-order valence-electron chi connectivity index (χ1n) is 9.69. The molecule has 1 saturated heterocycles. The Balaban J connectivity index is 1.46. The van der Waals surface area contributed by atoms with Crippen molar-refractivity contribution in [2.75, 3.05) is 24.5 Å². The van der Waals surface area contributed by atoms with Gasteiger partial charge in [-0.2, -0.15) is 13.2 Å². The molecule has 0 radical (unpaired) electrons. The second-order valence-corrected chi connectivity index (χ2v) is 7.99. The first kappa shape index (κ1) is 19.8. The number of rotatable bonds is 4. The summed E-state index contributed by atoms with van der Waals surface area (Å²) in [5, 5.41) is 8.99. The summed E-state index contributed by atoms with van der Waals surface area (Å²) in [5.41, 5.74) is 4.37. The second-order valence-electron chi connectivity index (χ2n) is 7.99. The molecular formula is C22H23F3N2O2. The van der Waals surface area contributed by atoms with E-state index in [9.17, 15) is 18.0 Å². The maximum absolute atomic E-state index is 13.0. The Morgan fingerprint density at radius 3 is 2.55 bits per heavy atom. The van der Waals surface area contributed by atoms with Crippen molar-refractivity contribution in [3.8, 4) is 0 Å². The van der Waals surface area contributed by atoms with Crippen LogP contribution in [0.1, 0.15) is 27.8 Å². The molecule has 0 bridgehead atoms. The number of carboxylic acids is 1. The number of aliphatic carboxylic acids is 1. The topological polar surface area (TPSA) is 43.8 Å². The zero-order valence-electron chi connectivity index (χ0n) is 16.2. The molecule has 0 atom stereocenters. The number of likely N-dealkylation sites (tertiary alicyclic amines) is 1. The van der Waals surface area contributed by atoms with Crippen LogP contribution in [-0.4, -0.2) is 35.6 Å². The smallest absolute Gasteiger partial charge is 0.416 e. The van der Waals surface area contributed by atoms with Crippen molar-refractivity contribution in [2.45, 2.75) is 32.6 Å². The third-order valence-electron chi connectivity index (χ3n) is 5.94. The van der Waals surface area contributed by atoms with E-state index in [0.717, 1.165) is 47.0 Å². The molecule has 0 saturated carbocycles. The fourth-order valence-corrected chi connectivity index (χ4v) is 4.10. The highest BCUT2D eigenvalue weighted by Crippen LogP contribution is 2.33. The van der Waals surface area contributed by atoms with Gasteiger partial charge in [-0.05, 0) is 59.9 Å². The van der Waals surface area contributed by atoms with Gasteiger partial charge >= 0.3 is 12.1 Å². The minimum Gasteiger partial charge on any atom is -0.481 e. The van der Waals surface area contributed by atoms with Crippen molar-refractivity contribution in [1.82, 2.24) is 4.90 Å². The van der Waals surface area contributed by atoms with Gasteiger partial charge in [0.25, 0.3) is 0 Å². The lowest BCUT2D eigenvalue weighted by molar-refractivity contribution is -0.147. The third kappa shape index (κ3) is 4.10. The number of hydrogen-bond donors (Lipinski definition) is 1. The molecule has 29 heavy (non-hydrogen) atoms. The quantitative estimate of drug-likeness (QED) is 0.834. The zero-order chi connectivity index (χ0) is 20.8. The van der Waals surface area contributed by atoms with Gasteiger partial charge < -0.3 is 10.0 Å². The van der Waals surface area contributed by atoms with E-state index < -0.39 is 17.7 Å². The van der Waals surface area contributed by atoms with Crippen LogP contribution in [0.5, 0.6) is 0 Å². The number of nitrogens with zero attached hydrogens (tertiary/aromatic N) is 2. The fraction of sp³-hybridized carbons (Fsp3) is 0.409. The van der Waals surface area contributed by atoms with Crippen LogP contribution in [0, 0.1) is 12.8 Å². The Labute approximate surface area is 167 Å². The van der Waals surface area contributed by atoms with Gasteiger partial charge in [-0.3, -0.25) is 9.69 Å². The largest absolute Gasteiger partial charge is 0.481 e. The average Bonchev–Trinajstić information content (AvgIpc) is 2.63. The molecule has 0 unspecified atom stereocenters. The molecule has 0 amide bonds. The van der Waals surface area contributed by atoms with Crippen LogP contribution in [0.15, 0.2) is 36.4 Å². The molecule has 4 nitrogen and oxygen atoms in total. The molecule has 0 aromatic heterocycles. The number of aryl methyl sites for hydroxylation is 1. The summed E-state index contributed by atoms with van der Waals surface area (Å²) in [6, 6.07) is 10.2. The highest BCUT2D eigenvalue weighted by atomic mass is 19.4. The first-order valence-corrected chi connectivity index (χ1v) is 9.69. The molecule has 4 rings (SSSR count). The number of carbonyl (C=O) groups is 1. The Morgan fingerprint density at radius 1 is 1.14 bits per heavy atom. The summed E-state index contributed by atoms with van der Waals surface area (Å²) >= 11 is 0. The van der Waals surface area contributed by atoms with Crippen LogP contribution in [0.2, 0.25) is 0 Å². The van der Waals surface area contributed by atoms with E-state index in [1.54, 1.807) is 6.07 Å². The van der Waals surface area contributed by atoms with E-state index in [1.807, 2.05) is 19.1 Å². The normalized spacial score (nSPS) is 17.7.